The fraction of sp³-hybridized carbons (Fsp3) is 0.667. The zero-order valence-corrected chi connectivity index (χ0v) is 5.37. The number of aliphatic hydroxyl groups is 1. The summed E-state index contributed by atoms with van der Waals surface area (Å²) in [5.74, 6) is -0.689. The monoisotopic (exact) mass is 144 g/mol. The highest BCUT2D eigenvalue weighted by atomic mass is 16.6. The zero-order valence-electron chi connectivity index (χ0n) is 5.37. The number of hydrogen-bond acceptors (Lipinski definition) is 4. The van der Waals surface area contributed by atoms with E-state index in [1.165, 1.54) is 0 Å². The third-order valence-electron chi connectivity index (χ3n) is 1.30. The predicted molar refractivity (Wildman–Crippen MR) is 31.2 cm³/mol. The summed E-state index contributed by atoms with van der Waals surface area (Å²) in [6, 6.07) is 0. The van der Waals surface area contributed by atoms with Gasteiger partial charge in [-0.15, -0.1) is 0 Å². The number of carbonyl (C=O) groups is 2. The Morgan fingerprint density at radius 2 is 2.30 bits per heavy atom. The Morgan fingerprint density at radius 1 is 1.60 bits per heavy atom. The van der Waals surface area contributed by atoms with Gasteiger partial charge in [0.15, 0.2) is 0 Å². The van der Waals surface area contributed by atoms with Crippen LogP contribution in [-0.2, 0) is 14.3 Å². The molecule has 0 saturated carbocycles. The molecule has 1 rings (SSSR count). The van der Waals surface area contributed by atoms with Crippen LogP contribution in [0.25, 0.3) is 0 Å². The summed E-state index contributed by atoms with van der Waals surface area (Å²) in [5, 5.41) is 8.50. The number of carbonyl (C=O) groups excluding carboxylic acids is 2. The van der Waals surface area contributed by atoms with Crippen LogP contribution in [0.5, 0.6) is 0 Å². The lowest BCUT2D eigenvalue weighted by Gasteiger charge is -2.18. The first-order valence-electron chi connectivity index (χ1n) is 3.04. The summed E-state index contributed by atoms with van der Waals surface area (Å²) in [4.78, 5) is 21.1. The molecule has 0 amide bonds. The number of aliphatic hydroxyl groups excluding tert-OH is 1. The van der Waals surface area contributed by atoms with Gasteiger partial charge in [0.05, 0.1) is 6.61 Å². The molecular formula is C6H8O4. The maximum Gasteiger partial charge on any atom is 0.313 e. The minimum absolute atomic E-state index is 0.142. The molecule has 4 nitrogen and oxygen atoms in total. The van der Waals surface area contributed by atoms with Crippen LogP contribution in [0.3, 0.4) is 0 Å². The molecule has 0 bridgehead atoms. The average Bonchev–Trinajstić information content (AvgIpc) is 1.85. The van der Waals surface area contributed by atoms with Crippen LogP contribution in [-0.4, -0.2) is 29.6 Å². The third-order valence-corrected chi connectivity index (χ3v) is 1.30. The Hall–Kier alpha value is -0.900. The number of Topliss-reactive ketones (excluding diaryl/α,β-unsaturated/α-hetero) is 1. The van der Waals surface area contributed by atoms with Gasteiger partial charge in [-0.25, -0.2) is 0 Å². The largest absolute Gasteiger partial charge is 0.459 e. The fourth-order valence-electron chi connectivity index (χ4n) is 0.858. The molecule has 1 aliphatic rings. The van der Waals surface area contributed by atoms with Gasteiger partial charge in [-0.1, -0.05) is 0 Å². The van der Waals surface area contributed by atoms with Gasteiger partial charge >= 0.3 is 5.97 Å². The van der Waals surface area contributed by atoms with Gasteiger partial charge in [0.1, 0.15) is 18.3 Å². The van der Waals surface area contributed by atoms with E-state index in [-0.39, 0.29) is 25.2 Å². The minimum Gasteiger partial charge on any atom is -0.459 e. The lowest BCUT2D eigenvalue weighted by molar-refractivity contribution is -0.159. The van der Waals surface area contributed by atoms with Gasteiger partial charge in [0.2, 0.25) is 0 Å². The number of ether oxygens (including phenoxy) is 1. The molecule has 1 heterocycles. The number of hydrogen-bond donors (Lipinski definition) is 1. The van der Waals surface area contributed by atoms with Gasteiger partial charge < -0.3 is 9.84 Å². The molecule has 0 spiro atoms. The quantitative estimate of drug-likeness (QED) is 0.388. The number of rotatable bonds is 1. The smallest absolute Gasteiger partial charge is 0.313 e. The summed E-state index contributed by atoms with van der Waals surface area (Å²) in [6.45, 7) is -0.266. The lowest BCUT2D eigenvalue weighted by Crippen LogP contribution is -2.31. The van der Waals surface area contributed by atoms with Crippen molar-refractivity contribution in [1.82, 2.24) is 0 Å². The fourth-order valence-corrected chi connectivity index (χ4v) is 0.858. The summed E-state index contributed by atoms with van der Waals surface area (Å²) >= 11 is 0. The third kappa shape index (κ3) is 1.54. The molecule has 1 fully saturated rings. The van der Waals surface area contributed by atoms with Gasteiger partial charge in [0.25, 0.3) is 0 Å². The van der Waals surface area contributed by atoms with E-state index in [2.05, 4.69) is 4.74 Å². The Balaban J connectivity index is 2.50. The summed E-state index contributed by atoms with van der Waals surface area (Å²) in [5.41, 5.74) is 0. The summed E-state index contributed by atoms with van der Waals surface area (Å²) < 4.78 is 4.60. The second-order valence-corrected chi connectivity index (χ2v) is 2.21. The molecule has 0 radical (unpaired) electrons. The normalized spacial score (nSPS) is 26.3. The van der Waals surface area contributed by atoms with Gasteiger partial charge in [-0.2, -0.15) is 0 Å². The first kappa shape index (κ1) is 7.21. The molecule has 0 aromatic carbocycles. The lowest BCUT2D eigenvalue weighted by atomic mass is 10.1. The Bertz CT molecular complexity index is 147. The molecule has 1 aliphatic heterocycles. The Morgan fingerprint density at radius 3 is 2.80 bits per heavy atom. The second-order valence-electron chi connectivity index (χ2n) is 2.21. The molecule has 0 aliphatic carbocycles. The predicted octanol–water partition coefficient (Wildman–Crippen LogP) is -0.747. The van der Waals surface area contributed by atoms with Crippen LogP contribution in [0.4, 0.5) is 0 Å². The van der Waals surface area contributed by atoms with Crippen molar-refractivity contribution in [2.75, 3.05) is 6.61 Å². The Labute approximate surface area is 57.8 Å². The van der Waals surface area contributed by atoms with Crippen molar-refractivity contribution in [2.24, 2.45) is 0 Å². The topological polar surface area (TPSA) is 63.6 Å². The maximum atomic E-state index is 10.6. The van der Waals surface area contributed by atoms with E-state index in [1.54, 1.807) is 0 Å². The molecule has 0 aromatic rings. The van der Waals surface area contributed by atoms with E-state index in [0.717, 1.165) is 0 Å². The molecular weight excluding hydrogens is 136 g/mol. The van der Waals surface area contributed by atoms with Crippen LogP contribution in [0.2, 0.25) is 0 Å². The molecule has 4 heteroatoms. The van der Waals surface area contributed by atoms with E-state index >= 15 is 0 Å². The van der Waals surface area contributed by atoms with Crippen molar-refractivity contribution in [3.8, 4) is 0 Å². The van der Waals surface area contributed by atoms with Crippen LogP contribution >= 0.6 is 0 Å². The number of cyclic esters (lactones) is 1. The number of esters is 1. The minimum atomic E-state index is -0.603. The van der Waals surface area contributed by atoms with Crippen LogP contribution in [0, 0.1) is 0 Å². The average molecular weight is 144 g/mol. The molecule has 0 aromatic heterocycles. The van der Waals surface area contributed by atoms with E-state index in [4.69, 9.17) is 5.11 Å². The van der Waals surface area contributed by atoms with E-state index < -0.39 is 12.1 Å². The standard InChI is InChI=1S/C6H8O4/c7-3-5-1-4(8)2-6(9)10-5/h5,7H,1-3H2. The van der Waals surface area contributed by atoms with Crippen LogP contribution in [0.15, 0.2) is 0 Å². The molecule has 1 atom stereocenters. The highest BCUT2D eigenvalue weighted by molar-refractivity contribution is 5.97. The van der Waals surface area contributed by atoms with E-state index in [0.29, 0.717) is 0 Å². The maximum absolute atomic E-state index is 10.6. The first-order valence-corrected chi connectivity index (χ1v) is 3.04. The summed E-state index contributed by atoms with van der Waals surface area (Å²) in [7, 11) is 0. The van der Waals surface area contributed by atoms with Crippen molar-refractivity contribution in [3.05, 3.63) is 0 Å². The second kappa shape index (κ2) is 2.79. The first-order chi connectivity index (χ1) is 4.72. The SMILES string of the molecule is O=C1CC(=O)OC(CO)C1. The molecule has 1 saturated heterocycles. The molecule has 1 N–H and O–H groups in total. The van der Waals surface area contributed by atoms with Crippen molar-refractivity contribution in [3.63, 3.8) is 0 Å². The Kier molecular flexibility index (Phi) is 2.01. The van der Waals surface area contributed by atoms with Gasteiger partial charge in [-0.3, -0.25) is 9.59 Å². The van der Waals surface area contributed by atoms with Gasteiger partial charge in [-0.05, 0) is 0 Å². The zero-order chi connectivity index (χ0) is 7.56. The van der Waals surface area contributed by atoms with E-state index in [9.17, 15) is 9.59 Å². The molecule has 1 unspecified atom stereocenters. The van der Waals surface area contributed by atoms with Crippen LogP contribution in [0.1, 0.15) is 12.8 Å². The van der Waals surface area contributed by atoms with Crippen LogP contribution < -0.4 is 0 Å². The molecule has 10 heavy (non-hydrogen) atoms. The van der Waals surface area contributed by atoms with Crippen molar-refractivity contribution >= 4 is 11.8 Å². The van der Waals surface area contributed by atoms with Crippen molar-refractivity contribution < 1.29 is 19.4 Å². The van der Waals surface area contributed by atoms with Crippen molar-refractivity contribution in [1.29, 1.82) is 0 Å². The highest BCUT2D eigenvalue weighted by Crippen LogP contribution is 2.09. The highest BCUT2D eigenvalue weighted by Gasteiger charge is 2.25. The summed E-state index contributed by atoms with van der Waals surface area (Å²) in [6.07, 6.45) is -0.590. The van der Waals surface area contributed by atoms with Gasteiger partial charge in [0, 0.05) is 6.42 Å². The van der Waals surface area contributed by atoms with Crippen molar-refractivity contribution in [2.45, 2.75) is 18.9 Å². The number of ketones is 1. The molecule has 56 valence electrons. The van der Waals surface area contributed by atoms with E-state index in [1.807, 2.05) is 0 Å².